The number of carbonyl (C=O) groups is 1. The normalized spacial score (nSPS) is 10.6. The molecule has 2 aromatic rings. The number of rotatable bonds is 4. The predicted molar refractivity (Wildman–Crippen MR) is 80.5 cm³/mol. The Bertz CT molecular complexity index is 631. The monoisotopic (exact) mass is 272 g/mol. The second kappa shape index (κ2) is 5.77. The second-order valence-electron chi connectivity index (χ2n) is 4.98. The average molecular weight is 272 g/mol. The van der Waals surface area contributed by atoms with E-state index >= 15 is 0 Å². The topological polar surface area (TPSA) is 72.9 Å². The molecule has 2 rings (SSSR count). The maximum Gasteiger partial charge on any atom is 0.226 e. The lowest BCUT2D eigenvalue weighted by Gasteiger charge is -2.10. The summed E-state index contributed by atoms with van der Waals surface area (Å²) in [4.78, 5) is 16.2. The summed E-state index contributed by atoms with van der Waals surface area (Å²) in [6.07, 6.45) is 2.19. The summed E-state index contributed by atoms with van der Waals surface area (Å²) in [7, 11) is 0. The molecular formula is C15H20N4O. The van der Waals surface area contributed by atoms with Crippen LogP contribution in [0.1, 0.15) is 23.4 Å². The Labute approximate surface area is 118 Å². The SMILES string of the molecule is Cc1cc(N)ccc1NC(=O)CCn1cnc(C)c1C. The van der Waals surface area contributed by atoms with E-state index in [9.17, 15) is 4.79 Å². The second-order valence-corrected chi connectivity index (χ2v) is 4.98. The summed E-state index contributed by atoms with van der Waals surface area (Å²) < 4.78 is 1.99. The van der Waals surface area contributed by atoms with Crippen molar-refractivity contribution in [2.24, 2.45) is 0 Å². The largest absolute Gasteiger partial charge is 0.399 e. The highest BCUT2D eigenvalue weighted by Crippen LogP contribution is 2.17. The molecule has 0 aliphatic rings. The van der Waals surface area contributed by atoms with Gasteiger partial charge in [0.15, 0.2) is 0 Å². The van der Waals surface area contributed by atoms with Crippen molar-refractivity contribution in [3.63, 3.8) is 0 Å². The number of anilines is 2. The van der Waals surface area contributed by atoms with E-state index < -0.39 is 0 Å². The molecule has 0 fully saturated rings. The standard InChI is InChI=1S/C15H20N4O/c1-10-8-13(16)4-5-14(10)18-15(20)6-7-19-9-17-11(2)12(19)3/h4-5,8-9H,6-7,16H2,1-3H3,(H,18,20). The van der Waals surface area contributed by atoms with Crippen LogP contribution >= 0.6 is 0 Å². The van der Waals surface area contributed by atoms with E-state index in [2.05, 4.69) is 10.3 Å². The van der Waals surface area contributed by atoms with Gasteiger partial charge in [-0.2, -0.15) is 0 Å². The maximum absolute atomic E-state index is 12.0. The van der Waals surface area contributed by atoms with Gasteiger partial charge in [0.25, 0.3) is 0 Å². The minimum absolute atomic E-state index is 0.0105. The third-order valence-corrected chi connectivity index (χ3v) is 3.45. The number of aryl methyl sites for hydroxylation is 3. The summed E-state index contributed by atoms with van der Waals surface area (Å²) in [6.45, 7) is 6.52. The fourth-order valence-corrected chi connectivity index (χ4v) is 2.03. The molecule has 1 amide bonds. The van der Waals surface area contributed by atoms with Crippen LogP contribution in [-0.4, -0.2) is 15.5 Å². The van der Waals surface area contributed by atoms with Crippen molar-refractivity contribution in [1.29, 1.82) is 0 Å². The molecule has 1 aromatic carbocycles. The molecular weight excluding hydrogens is 252 g/mol. The number of imidazole rings is 1. The average Bonchev–Trinajstić information content (AvgIpc) is 2.71. The van der Waals surface area contributed by atoms with Gasteiger partial charge in [0, 0.05) is 30.0 Å². The number of aromatic nitrogens is 2. The molecule has 0 unspecified atom stereocenters. The van der Waals surface area contributed by atoms with E-state index in [0.29, 0.717) is 18.7 Å². The predicted octanol–water partition coefficient (Wildman–Crippen LogP) is 2.42. The van der Waals surface area contributed by atoms with Crippen molar-refractivity contribution in [3.05, 3.63) is 41.5 Å². The molecule has 0 saturated heterocycles. The smallest absolute Gasteiger partial charge is 0.226 e. The van der Waals surface area contributed by atoms with Crippen LogP contribution in [0.3, 0.4) is 0 Å². The minimum atomic E-state index is -0.0105. The van der Waals surface area contributed by atoms with E-state index in [0.717, 1.165) is 22.6 Å². The molecule has 0 spiro atoms. The molecule has 0 saturated carbocycles. The van der Waals surface area contributed by atoms with Crippen LogP contribution < -0.4 is 11.1 Å². The number of nitrogens with zero attached hydrogens (tertiary/aromatic N) is 2. The molecule has 0 atom stereocenters. The van der Waals surface area contributed by atoms with Crippen molar-refractivity contribution < 1.29 is 4.79 Å². The fraction of sp³-hybridized carbons (Fsp3) is 0.333. The van der Waals surface area contributed by atoms with Gasteiger partial charge in [-0.3, -0.25) is 4.79 Å². The van der Waals surface area contributed by atoms with Crippen molar-refractivity contribution in [2.45, 2.75) is 33.7 Å². The number of hydrogen-bond donors (Lipinski definition) is 2. The molecule has 0 aliphatic heterocycles. The number of carbonyl (C=O) groups excluding carboxylic acids is 1. The van der Waals surface area contributed by atoms with Crippen LogP contribution in [0.4, 0.5) is 11.4 Å². The van der Waals surface area contributed by atoms with Crippen LogP contribution in [0.15, 0.2) is 24.5 Å². The molecule has 20 heavy (non-hydrogen) atoms. The first kappa shape index (κ1) is 14.1. The highest BCUT2D eigenvalue weighted by molar-refractivity contribution is 5.91. The van der Waals surface area contributed by atoms with E-state index in [1.165, 1.54) is 0 Å². The molecule has 1 aromatic heterocycles. The van der Waals surface area contributed by atoms with Crippen molar-refractivity contribution in [3.8, 4) is 0 Å². The van der Waals surface area contributed by atoms with Gasteiger partial charge in [-0.25, -0.2) is 4.98 Å². The van der Waals surface area contributed by atoms with Crippen molar-refractivity contribution >= 4 is 17.3 Å². The quantitative estimate of drug-likeness (QED) is 0.839. The van der Waals surface area contributed by atoms with Gasteiger partial charge in [-0.05, 0) is 44.5 Å². The van der Waals surface area contributed by atoms with Gasteiger partial charge < -0.3 is 15.6 Å². The summed E-state index contributed by atoms with van der Waals surface area (Å²) in [5, 5.41) is 2.91. The van der Waals surface area contributed by atoms with Crippen molar-refractivity contribution in [1.82, 2.24) is 9.55 Å². The summed E-state index contributed by atoms with van der Waals surface area (Å²) >= 11 is 0. The van der Waals surface area contributed by atoms with E-state index in [4.69, 9.17) is 5.73 Å². The lowest BCUT2D eigenvalue weighted by molar-refractivity contribution is -0.116. The molecule has 5 nitrogen and oxygen atoms in total. The summed E-state index contributed by atoms with van der Waals surface area (Å²) in [5.41, 5.74) is 10.3. The van der Waals surface area contributed by atoms with Gasteiger partial charge in [0.2, 0.25) is 5.91 Å². The maximum atomic E-state index is 12.0. The van der Waals surface area contributed by atoms with E-state index in [1.807, 2.05) is 37.5 Å². The van der Waals surface area contributed by atoms with Gasteiger partial charge in [-0.1, -0.05) is 0 Å². The van der Waals surface area contributed by atoms with Crippen LogP contribution in [-0.2, 0) is 11.3 Å². The highest BCUT2D eigenvalue weighted by Gasteiger charge is 2.07. The Morgan fingerprint density at radius 3 is 2.70 bits per heavy atom. The number of hydrogen-bond acceptors (Lipinski definition) is 3. The number of amides is 1. The lowest BCUT2D eigenvalue weighted by atomic mass is 10.2. The van der Waals surface area contributed by atoms with Crippen LogP contribution in [0.2, 0.25) is 0 Å². The highest BCUT2D eigenvalue weighted by atomic mass is 16.1. The molecule has 0 aliphatic carbocycles. The number of nitrogen functional groups attached to an aromatic ring is 1. The molecule has 0 radical (unpaired) electrons. The van der Waals surface area contributed by atoms with E-state index in [-0.39, 0.29) is 5.91 Å². The minimum Gasteiger partial charge on any atom is -0.399 e. The molecule has 1 heterocycles. The Morgan fingerprint density at radius 2 is 2.10 bits per heavy atom. The number of benzene rings is 1. The number of nitrogens with two attached hydrogens (primary N) is 1. The third kappa shape index (κ3) is 3.17. The fourth-order valence-electron chi connectivity index (χ4n) is 2.03. The first-order chi connectivity index (χ1) is 9.47. The summed E-state index contributed by atoms with van der Waals surface area (Å²) in [6, 6.07) is 5.46. The number of nitrogens with one attached hydrogen (secondary N) is 1. The zero-order valence-corrected chi connectivity index (χ0v) is 12.1. The Kier molecular flexibility index (Phi) is 4.08. The zero-order chi connectivity index (χ0) is 14.7. The Balaban J connectivity index is 1.94. The van der Waals surface area contributed by atoms with Gasteiger partial charge >= 0.3 is 0 Å². The van der Waals surface area contributed by atoms with Gasteiger partial charge in [0.1, 0.15) is 0 Å². The van der Waals surface area contributed by atoms with Crippen LogP contribution in [0, 0.1) is 20.8 Å². The molecule has 0 bridgehead atoms. The lowest BCUT2D eigenvalue weighted by Crippen LogP contribution is -2.15. The third-order valence-electron chi connectivity index (χ3n) is 3.45. The molecule has 5 heteroatoms. The summed E-state index contributed by atoms with van der Waals surface area (Å²) in [5.74, 6) is -0.0105. The van der Waals surface area contributed by atoms with Gasteiger partial charge in [0.05, 0.1) is 12.0 Å². The first-order valence-electron chi connectivity index (χ1n) is 6.61. The molecule has 106 valence electrons. The van der Waals surface area contributed by atoms with Crippen molar-refractivity contribution in [2.75, 3.05) is 11.1 Å². The van der Waals surface area contributed by atoms with E-state index in [1.54, 1.807) is 12.4 Å². The Morgan fingerprint density at radius 1 is 1.35 bits per heavy atom. The molecule has 3 N–H and O–H groups in total. The Hall–Kier alpha value is -2.30. The van der Waals surface area contributed by atoms with Crippen LogP contribution in [0.25, 0.3) is 0 Å². The first-order valence-corrected chi connectivity index (χ1v) is 6.61. The zero-order valence-electron chi connectivity index (χ0n) is 12.1. The van der Waals surface area contributed by atoms with Crippen LogP contribution in [0.5, 0.6) is 0 Å². The van der Waals surface area contributed by atoms with Gasteiger partial charge in [-0.15, -0.1) is 0 Å².